The van der Waals surface area contributed by atoms with E-state index in [0.29, 0.717) is 11.8 Å². The van der Waals surface area contributed by atoms with Crippen molar-refractivity contribution in [3.05, 3.63) is 53.6 Å². The van der Waals surface area contributed by atoms with Crippen LogP contribution in [-0.2, 0) is 0 Å². The molecule has 0 heterocycles. The van der Waals surface area contributed by atoms with E-state index in [0.717, 1.165) is 17.2 Å². The van der Waals surface area contributed by atoms with Crippen molar-refractivity contribution >= 4 is 5.69 Å². The van der Waals surface area contributed by atoms with Crippen molar-refractivity contribution in [2.24, 2.45) is 0 Å². The number of anilines is 1. The van der Waals surface area contributed by atoms with Crippen molar-refractivity contribution < 1.29 is 4.74 Å². The molecule has 0 spiro atoms. The quantitative estimate of drug-likeness (QED) is 0.805. The van der Waals surface area contributed by atoms with Gasteiger partial charge in [-0.25, -0.2) is 0 Å². The first-order valence-electron chi connectivity index (χ1n) is 7.47. The summed E-state index contributed by atoms with van der Waals surface area (Å²) in [5.74, 6) is 3.15. The second-order valence-electron chi connectivity index (χ2n) is 5.98. The Morgan fingerprint density at radius 3 is 1.85 bits per heavy atom. The number of nitrogen functional groups attached to an aromatic ring is 1. The first-order chi connectivity index (χ1) is 9.81. The Hall–Kier alpha value is -1.96. The molecule has 0 aromatic heterocycles. The van der Waals surface area contributed by atoms with E-state index in [1.807, 2.05) is 30.3 Å². The zero-order valence-corrected chi connectivity index (χ0v) is 11.5. The highest BCUT2D eigenvalue weighted by atomic mass is 16.5. The summed E-state index contributed by atoms with van der Waals surface area (Å²) in [5.41, 5.74) is 10.0. The fourth-order valence-electron chi connectivity index (χ4n) is 2.82. The summed E-state index contributed by atoms with van der Waals surface area (Å²) in [6, 6.07) is 14.3. The van der Waals surface area contributed by atoms with Crippen LogP contribution < -0.4 is 10.5 Å². The van der Waals surface area contributed by atoms with Gasteiger partial charge in [0.05, 0.1) is 0 Å². The van der Waals surface area contributed by atoms with Crippen LogP contribution in [0.2, 0.25) is 0 Å². The predicted octanol–water partition coefficient (Wildman–Crippen LogP) is 4.82. The van der Waals surface area contributed by atoms with Crippen molar-refractivity contribution in [2.45, 2.75) is 37.5 Å². The monoisotopic (exact) mass is 265 g/mol. The molecule has 2 aliphatic rings. The predicted molar refractivity (Wildman–Crippen MR) is 81.3 cm³/mol. The molecular weight excluding hydrogens is 246 g/mol. The summed E-state index contributed by atoms with van der Waals surface area (Å²) in [7, 11) is 0. The number of benzene rings is 2. The minimum atomic E-state index is 0.659. The summed E-state index contributed by atoms with van der Waals surface area (Å²) < 4.78 is 6.02. The van der Waals surface area contributed by atoms with Gasteiger partial charge >= 0.3 is 0 Å². The Balaban J connectivity index is 1.71. The molecule has 2 saturated carbocycles. The molecule has 2 N–H and O–H groups in total. The second-order valence-corrected chi connectivity index (χ2v) is 5.98. The Kier molecular flexibility index (Phi) is 2.69. The highest BCUT2D eigenvalue weighted by Crippen LogP contribution is 2.50. The summed E-state index contributed by atoms with van der Waals surface area (Å²) in [5, 5.41) is 0. The van der Waals surface area contributed by atoms with Gasteiger partial charge in [0.25, 0.3) is 0 Å². The van der Waals surface area contributed by atoms with Crippen molar-refractivity contribution in [3.8, 4) is 11.5 Å². The van der Waals surface area contributed by atoms with Crippen molar-refractivity contribution in [1.82, 2.24) is 0 Å². The zero-order valence-electron chi connectivity index (χ0n) is 11.5. The first kappa shape index (κ1) is 11.8. The van der Waals surface area contributed by atoms with Gasteiger partial charge in [-0.2, -0.15) is 0 Å². The van der Waals surface area contributed by atoms with Crippen LogP contribution in [-0.4, -0.2) is 0 Å². The van der Waals surface area contributed by atoms with Crippen LogP contribution in [0.15, 0.2) is 42.5 Å². The van der Waals surface area contributed by atoms with E-state index in [1.54, 1.807) is 0 Å². The molecule has 2 fully saturated rings. The SMILES string of the molecule is Nc1c(C2CC2)cc(Oc2ccccc2)cc1C1CC1. The summed E-state index contributed by atoms with van der Waals surface area (Å²) >= 11 is 0. The van der Waals surface area contributed by atoms with Gasteiger partial charge in [-0.15, -0.1) is 0 Å². The van der Waals surface area contributed by atoms with Crippen LogP contribution in [0.25, 0.3) is 0 Å². The lowest BCUT2D eigenvalue weighted by molar-refractivity contribution is 0.481. The Labute approximate surface area is 119 Å². The molecule has 2 heteroatoms. The van der Waals surface area contributed by atoms with E-state index >= 15 is 0 Å². The number of rotatable bonds is 4. The summed E-state index contributed by atoms with van der Waals surface area (Å²) in [6.45, 7) is 0. The van der Waals surface area contributed by atoms with E-state index in [9.17, 15) is 0 Å². The highest BCUT2D eigenvalue weighted by Gasteiger charge is 2.32. The molecule has 2 aromatic carbocycles. The van der Waals surface area contributed by atoms with Crippen LogP contribution in [0.1, 0.15) is 48.6 Å². The molecule has 0 atom stereocenters. The van der Waals surface area contributed by atoms with Crippen molar-refractivity contribution in [2.75, 3.05) is 5.73 Å². The van der Waals surface area contributed by atoms with Gasteiger partial charge in [0.15, 0.2) is 0 Å². The van der Waals surface area contributed by atoms with Gasteiger partial charge in [0, 0.05) is 5.69 Å². The first-order valence-corrected chi connectivity index (χ1v) is 7.47. The molecule has 20 heavy (non-hydrogen) atoms. The smallest absolute Gasteiger partial charge is 0.128 e. The van der Waals surface area contributed by atoms with E-state index in [2.05, 4.69) is 12.1 Å². The van der Waals surface area contributed by atoms with E-state index in [4.69, 9.17) is 10.5 Å². The van der Waals surface area contributed by atoms with Gasteiger partial charge in [0.2, 0.25) is 0 Å². The lowest BCUT2D eigenvalue weighted by atomic mass is 10.00. The van der Waals surface area contributed by atoms with Crippen molar-refractivity contribution in [1.29, 1.82) is 0 Å². The molecule has 0 radical (unpaired) electrons. The number of para-hydroxylation sites is 1. The summed E-state index contributed by atoms with van der Waals surface area (Å²) in [4.78, 5) is 0. The Morgan fingerprint density at radius 2 is 1.35 bits per heavy atom. The van der Waals surface area contributed by atoms with Crippen LogP contribution in [0.4, 0.5) is 5.69 Å². The second kappa shape index (κ2) is 4.55. The van der Waals surface area contributed by atoms with Gasteiger partial charge < -0.3 is 10.5 Å². The molecule has 2 aliphatic carbocycles. The number of hydrogen-bond donors (Lipinski definition) is 1. The maximum atomic E-state index is 6.37. The summed E-state index contributed by atoms with van der Waals surface area (Å²) in [6.07, 6.45) is 5.07. The molecular formula is C18H19NO. The largest absolute Gasteiger partial charge is 0.457 e. The third kappa shape index (κ3) is 2.26. The average Bonchev–Trinajstić information content (AvgIpc) is 3.34. The minimum Gasteiger partial charge on any atom is -0.457 e. The zero-order chi connectivity index (χ0) is 13.5. The maximum Gasteiger partial charge on any atom is 0.128 e. The molecule has 0 bridgehead atoms. The molecule has 2 aromatic rings. The third-order valence-electron chi connectivity index (χ3n) is 4.23. The molecule has 0 unspecified atom stereocenters. The van der Waals surface area contributed by atoms with E-state index in [1.165, 1.54) is 36.8 Å². The normalized spacial score (nSPS) is 18.0. The van der Waals surface area contributed by atoms with Crippen LogP contribution in [0.3, 0.4) is 0 Å². The maximum absolute atomic E-state index is 6.37. The number of ether oxygens (including phenoxy) is 1. The standard InChI is InChI=1S/C18H19NO/c19-18-16(12-6-7-12)10-15(11-17(18)13-8-9-13)20-14-4-2-1-3-5-14/h1-5,10-13H,6-9,19H2. The number of nitrogens with two attached hydrogens (primary N) is 1. The average molecular weight is 265 g/mol. The Morgan fingerprint density at radius 1 is 0.800 bits per heavy atom. The topological polar surface area (TPSA) is 35.2 Å². The van der Waals surface area contributed by atoms with Gasteiger partial charge in [0.1, 0.15) is 11.5 Å². The lowest BCUT2D eigenvalue weighted by Crippen LogP contribution is -1.99. The van der Waals surface area contributed by atoms with E-state index < -0.39 is 0 Å². The fraction of sp³-hybridized carbons (Fsp3) is 0.333. The van der Waals surface area contributed by atoms with Gasteiger partial charge in [-0.1, -0.05) is 18.2 Å². The third-order valence-corrected chi connectivity index (χ3v) is 4.23. The van der Waals surface area contributed by atoms with Gasteiger partial charge in [-0.3, -0.25) is 0 Å². The van der Waals surface area contributed by atoms with Crippen molar-refractivity contribution in [3.63, 3.8) is 0 Å². The number of hydrogen-bond acceptors (Lipinski definition) is 2. The van der Waals surface area contributed by atoms with Crippen LogP contribution in [0, 0.1) is 0 Å². The molecule has 0 aliphatic heterocycles. The van der Waals surface area contributed by atoms with Crippen LogP contribution >= 0.6 is 0 Å². The molecule has 0 amide bonds. The lowest BCUT2D eigenvalue weighted by Gasteiger charge is -2.14. The van der Waals surface area contributed by atoms with E-state index in [-0.39, 0.29) is 0 Å². The minimum absolute atomic E-state index is 0.659. The fourth-order valence-corrected chi connectivity index (χ4v) is 2.82. The Bertz CT molecular complexity index is 594. The molecule has 4 rings (SSSR count). The molecule has 102 valence electrons. The molecule has 2 nitrogen and oxygen atoms in total. The van der Waals surface area contributed by atoms with Crippen LogP contribution in [0.5, 0.6) is 11.5 Å². The highest BCUT2D eigenvalue weighted by molar-refractivity contribution is 5.62. The molecule has 0 saturated heterocycles. The van der Waals surface area contributed by atoms with Gasteiger partial charge in [-0.05, 0) is 72.9 Å².